The van der Waals surface area contributed by atoms with Crippen LogP contribution in [0, 0.1) is 10.1 Å². The maximum Gasteiger partial charge on any atom is 0.294 e. The van der Waals surface area contributed by atoms with Gasteiger partial charge in [0.1, 0.15) is 24.9 Å². The zero-order chi connectivity index (χ0) is 10.0. The van der Waals surface area contributed by atoms with E-state index in [9.17, 15) is 10.1 Å². The highest BCUT2D eigenvalue weighted by atomic mass is 17.0. The van der Waals surface area contributed by atoms with E-state index in [-0.39, 0.29) is 0 Å². The van der Waals surface area contributed by atoms with Crippen LogP contribution in [0.5, 0.6) is 0 Å². The van der Waals surface area contributed by atoms with Crippen LogP contribution in [0.3, 0.4) is 0 Å². The van der Waals surface area contributed by atoms with E-state index in [1.54, 1.807) is 0 Å². The predicted molar refractivity (Wildman–Crippen MR) is 35.8 cm³/mol. The Bertz CT molecular complexity index is 197. The highest BCUT2D eigenvalue weighted by Crippen LogP contribution is 2.19. The van der Waals surface area contributed by atoms with Gasteiger partial charge in [0.15, 0.2) is 6.29 Å². The number of hydrogen-bond donors (Lipinski definition) is 3. The van der Waals surface area contributed by atoms with Crippen molar-refractivity contribution < 1.29 is 30.0 Å². The summed E-state index contributed by atoms with van der Waals surface area (Å²) in [6, 6.07) is 0. The predicted octanol–water partition coefficient (Wildman–Crippen LogP) is -2.37. The molecule has 1 heterocycles. The molecule has 1 aliphatic heterocycles. The van der Waals surface area contributed by atoms with Crippen molar-refractivity contribution in [2.24, 2.45) is 0 Å². The summed E-state index contributed by atoms with van der Waals surface area (Å²) in [5, 5.41) is 35.6. The molecule has 13 heavy (non-hydrogen) atoms. The number of aliphatic hydroxyl groups excluding tert-OH is 3. The molecule has 0 saturated carbocycles. The number of hydrogen-bond acceptors (Lipinski definition) is 7. The van der Waals surface area contributed by atoms with Crippen LogP contribution in [0.1, 0.15) is 0 Å². The second-order valence-electron chi connectivity index (χ2n) is 2.57. The molecule has 1 rings (SSSR count). The lowest BCUT2D eigenvalue weighted by Gasteiger charge is -2.11. The summed E-state index contributed by atoms with van der Waals surface area (Å²) in [4.78, 5) is 13.7. The first-order chi connectivity index (χ1) is 6.02. The minimum atomic E-state index is -1.53. The van der Waals surface area contributed by atoms with Gasteiger partial charge in [0.25, 0.3) is 5.09 Å². The van der Waals surface area contributed by atoms with Gasteiger partial charge < -0.3 is 24.9 Å². The quantitative estimate of drug-likeness (QED) is 0.340. The van der Waals surface area contributed by atoms with Crippen LogP contribution in [0.4, 0.5) is 0 Å². The third kappa shape index (κ3) is 2.25. The molecule has 0 unspecified atom stereocenters. The average Bonchev–Trinajstić information content (AvgIpc) is 2.29. The Morgan fingerprint density at radius 2 is 2.00 bits per heavy atom. The first-order valence-corrected chi connectivity index (χ1v) is 3.49. The zero-order valence-corrected chi connectivity index (χ0v) is 6.44. The number of nitrogens with zero attached hydrogens (tertiary/aromatic N) is 1. The summed E-state index contributed by atoms with van der Waals surface area (Å²) in [6.07, 6.45) is -5.46. The number of aliphatic hydroxyl groups is 3. The van der Waals surface area contributed by atoms with Crippen LogP contribution in [0.2, 0.25) is 0 Å². The lowest BCUT2D eigenvalue weighted by molar-refractivity contribution is -0.759. The molecule has 1 saturated heterocycles. The van der Waals surface area contributed by atoms with Crippen LogP contribution >= 0.6 is 0 Å². The zero-order valence-electron chi connectivity index (χ0n) is 6.44. The molecule has 0 amide bonds. The van der Waals surface area contributed by atoms with Crippen molar-refractivity contribution in [1.29, 1.82) is 0 Å². The Hall–Kier alpha value is -0.960. The van der Waals surface area contributed by atoms with Crippen molar-refractivity contribution in [3.63, 3.8) is 0 Å². The number of ether oxygens (including phenoxy) is 1. The second kappa shape index (κ2) is 3.83. The van der Waals surface area contributed by atoms with Gasteiger partial charge in [-0.05, 0) is 0 Å². The second-order valence-corrected chi connectivity index (χ2v) is 2.57. The van der Waals surface area contributed by atoms with E-state index >= 15 is 0 Å². The van der Waals surface area contributed by atoms with Gasteiger partial charge in [-0.3, -0.25) is 0 Å². The van der Waals surface area contributed by atoms with Crippen LogP contribution in [-0.4, -0.2) is 51.6 Å². The molecular weight excluding hydrogens is 186 g/mol. The standard InChI is InChI=1S/C5H9NO7/c7-3-2(1-12-6(10)11)13-5(9)4(3)8/h2-5,7-9H,1H2/t2-,3-,4+,5+/m1/s1. The minimum absolute atomic E-state index is 0.526. The van der Waals surface area contributed by atoms with E-state index in [1.807, 2.05) is 0 Å². The third-order valence-electron chi connectivity index (χ3n) is 1.68. The smallest absolute Gasteiger partial charge is 0.294 e. The minimum Gasteiger partial charge on any atom is -0.387 e. The topological polar surface area (TPSA) is 122 Å². The van der Waals surface area contributed by atoms with Gasteiger partial charge in [-0.2, -0.15) is 0 Å². The average molecular weight is 195 g/mol. The molecule has 0 aromatic heterocycles. The van der Waals surface area contributed by atoms with E-state index in [4.69, 9.17) is 15.3 Å². The molecule has 1 aliphatic rings. The van der Waals surface area contributed by atoms with Crippen molar-refractivity contribution >= 4 is 0 Å². The van der Waals surface area contributed by atoms with Crippen molar-refractivity contribution in [3.8, 4) is 0 Å². The van der Waals surface area contributed by atoms with Gasteiger partial charge in [-0.15, -0.1) is 10.1 Å². The Balaban J connectivity index is 2.40. The highest BCUT2D eigenvalue weighted by molar-refractivity contribution is 4.85. The van der Waals surface area contributed by atoms with Gasteiger partial charge in [0.05, 0.1) is 0 Å². The molecule has 3 N–H and O–H groups in total. The molecule has 0 aliphatic carbocycles. The summed E-state index contributed by atoms with van der Waals surface area (Å²) < 4.78 is 4.56. The normalized spacial score (nSPS) is 39.0. The largest absolute Gasteiger partial charge is 0.387 e. The van der Waals surface area contributed by atoms with E-state index in [0.29, 0.717) is 0 Å². The lowest BCUT2D eigenvalue weighted by Crippen LogP contribution is -2.34. The molecule has 0 spiro atoms. The fourth-order valence-electron chi connectivity index (χ4n) is 1.00. The van der Waals surface area contributed by atoms with Crippen molar-refractivity contribution in [2.45, 2.75) is 24.6 Å². The van der Waals surface area contributed by atoms with Crippen LogP contribution in [-0.2, 0) is 9.57 Å². The van der Waals surface area contributed by atoms with Gasteiger partial charge >= 0.3 is 0 Å². The van der Waals surface area contributed by atoms with Crippen molar-refractivity contribution in [3.05, 3.63) is 10.1 Å². The van der Waals surface area contributed by atoms with E-state index in [1.165, 1.54) is 0 Å². The van der Waals surface area contributed by atoms with Gasteiger partial charge in [0, 0.05) is 0 Å². The molecule has 0 radical (unpaired) electrons. The molecule has 1 fully saturated rings. The first kappa shape index (κ1) is 10.1. The molecule has 0 aromatic rings. The lowest BCUT2D eigenvalue weighted by atomic mass is 10.1. The van der Waals surface area contributed by atoms with E-state index < -0.39 is 36.3 Å². The van der Waals surface area contributed by atoms with E-state index in [2.05, 4.69) is 9.57 Å². The van der Waals surface area contributed by atoms with Gasteiger partial charge in [0.2, 0.25) is 0 Å². The summed E-state index contributed by atoms with van der Waals surface area (Å²) >= 11 is 0. The molecular formula is C5H9NO7. The van der Waals surface area contributed by atoms with Crippen molar-refractivity contribution in [2.75, 3.05) is 6.61 Å². The summed E-state index contributed by atoms with van der Waals surface area (Å²) in [6.45, 7) is -0.526. The van der Waals surface area contributed by atoms with Crippen molar-refractivity contribution in [1.82, 2.24) is 0 Å². The Morgan fingerprint density at radius 1 is 1.38 bits per heavy atom. The number of rotatable bonds is 3. The molecule has 0 bridgehead atoms. The Labute approximate surface area is 72.4 Å². The molecule has 8 heteroatoms. The summed E-state index contributed by atoms with van der Waals surface area (Å²) in [7, 11) is 0. The van der Waals surface area contributed by atoms with Crippen LogP contribution in [0.15, 0.2) is 0 Å². The van der Waals surface area contributed by atoms with Gasteiger partial charge in [-0.25, -0.2) is 0 Å². The monoisotopic (exact) mass is 195 g/mol. The van der Waals surface area contributed by atoms with Gasteiger partial charge in [-0.1, -0.05) is 0 Å². The molecule has 4 atom stereocenters. The maximum absolute atomic E-state index is 9.75. The van der Waals surface area contributed by atoms with Crippen LogP contribution in [0.25, 0.3) is 0 Å². The van der Waals surface area contributed by atoms with E-state index in [0.717, 1.165) is 0 Å². The first-order valence-electron chi connectivity index (χ1n) is 3.49. The fourth-order valence-corrected chi connectivity index (χ4v) is 1.00. The van der Waals surface area contributed by atoms with Crippen LogP contribution < -0.4 is 0 Å². The summed E-state index contributed by atoms with van der Waals surface area (Å²) in [5.41, 5.74) is 0. The Kier molecular flexibility index (Phi) is 2.98. The summed E-state index contributed by atoms with van der Waals surface area (Å²) in [5.74, 6) is 0. The third-order valence-corrected chi connectivity index (χ3v) is 1.68. The molecule has 0 aromatic carbocycles. The fraction of sp³-hybridized carbons (Fsp3) is 1.00. The molecule has 76 valence electrons. The molecule has 8 nitrogen and oxygen atoms in total. The SMILES string of the molecule is O=[N+]([O-])OC[C@H]1O[C@H](O)[C@@H](O)[C@@H]1O. The maximum atomic E-state index is 9.75. The highest BCUT2D eigenvalue weighted by Gasteiger charge is 2.42. The Morgan fingerprint density at radius 3 is 2.38 bits per heavy atom.